The minimum atomic E-state index is -1.21. The molecule has 2 aliphatic rings. The molecule has 0 bridgehead atoms. The molecular formula is C23H16N6O2. The highest BCUT2D eigenvalue weighted by atomic mass is 16.5. The number of aromatic nitrogens is 4. The van der Waals surface area contributed by atoms with Gasteiger partial charge in [-0.15, -0.1) is 5.10 Å². The number of nitrogens with one attached hydrogen (secondary N) is 1. The highest BCUT2D eigenvalue weighted by molar-refractivity contribution is 5.81. The maximum absolute atomic E-state index is 13.6. The molecule has 31 heavy (non-hydrogen) atoms. The van der Waals surface area contributed by atoms with E-state index in [1.54, 1.807) is 16.7 Å². The van der Waals surface area contributed by atoms with E-state index in [0.717, 1.165) is 11.1 Å². The van der Waals surface area contributed by atoms with E-state index < -0.39 is 5.41 Å². The Morgan fingerprint density at radius 3 is 2.84 bits per heavy atom. The maximum Gasteiger partial charge on any atom is 0.266 e. The maximum atomic E-state index is 13.6. The van der Waals surface area contributed by atoms with Crippen LogP contribution in [0, 0.1) is 25.2 Å². The number of rotatable bonds is 0. The number of H-pyrrole nitrogens is 1. The van der Waals surface area contributed by atoms with Crippen molar-refractivity contribution in [1.82, 2.24) is 19.7 Å². The Labute approximate surface area is 176 Å². The van der Waals surface area contributed by atoms with E-state index in [2.05, 4.69) is 16.3 Å². The lowest BCUT2D eigenvalue weighted by Gasteiger charge is -2.33. The molecule has 0 amide bonds. The number of benzene rings is 2. The average molecular weight is 408 g/mol. The standard InChI is InChI=1S/C23H16N6O2/c1-11-7-8-17-14(9-11)23(15(10-24)19(25)31-20-18(23)12(2)27-28-20)22-26-16-6-4-3-5-13(16)21(30)29(17)22/h3-9H,25H2,1-2H3,(H,27,28). The van der Waals surface area contributed by atoms with Crippen LogP contribution in [-0.2, 0) is 5.41 Å². The predicted molar refractivity (Wildman–Crippen MR) is 113 cm³/mol. The summed E-state index contributed by atoms with van der Waals surface area (Å²) in [6, 6.07) is 15.2. The molecule has 1 atom stereocenters. The highest BCUT2D eigenvalue weighted by Gasteiger charge is 2.57. The van der Waals surface area contributed by atoms with Crippen molar-refractivity contribution in [2.24, 2.45) is 5.73 Å². The van der Waals surface area contributed by atoms with Crippen molar-refractivity contribution in [3.63, 3.8) is 0 Å². The van der Waals surface area contributed by atoms with Crippen LogP contribution in [0.5, 0.6) is 5.88 Å². The van der Waals surface area contributed by atoms with Crippen LogP contribution in [0.4, 0.5) is 0 Å². The summed E-state index contributed by atoms with van der Waals surface area (Å²) in [6.45, 7) is 3.82. The normalized spacial score (nSPS) is 18.5. The smallest absolute Gasteiger partial charge is 0.266 e. The molecule has 150 valence electrons. The van der Waals surface area contributed by atoms with Crippen LogP contribution < -0.4 is 16.0 Å². The second-order valence-electron chi connectivity index (χ2n) is 7.85. The number of para-hydroxylation sites is 1. The van der Waals surface area contributed by atoms with E-state index in [0.29, 0.717) is 33.7 Å². The summed E-state index contributed by atoms with van der Waals surface area (Å²) >= 11 is 0. The van der Waals surface area contributed by atoms with Crippen LogP contribution in [0.25, 0.3) is 16.6 Å². The third-order valence-corrected chi connectivity index (χ3v) is 6.14. The second kappa shape index (κ2) is 5.61. The summed E-state index contributed by atoms with van der Waals surface area (Å²) in [5.41, 5.74) is 9.30. The molecule has 8 heteroatoms. The Morgan fingerprint density at radius 1 is 1.23 bits per heavy atom. The molecule has 1 unspecified atom stereocenters. The van der Waals surface area contributed by atoms with Gasteiger partial charge in [-0.3, -0.25) is 14.5 Å². The van der Waals surface area contributed by atoms with E-state index in [1.807, 2.05) is 44.2 Å². The van der Waals surface area contributed by atoms with Crippen LogP contribution in [-0.4, -0.2) is 19.7 Å². The molecule has 4 aromatic rings. The van der Waals surface area contributed by atoms with Crippen molar-refractivity contribution < 1.29 is 4.74 Å². The van der Waals surface area contributed by atoms with Gasteiger partial charge < -0.3 is 10.5 Å². The Morgan fingerprint density at radius 2 is 2.03 bits per heavy atom. The van der Waals surface area contributed by atoms with Gasteiger partial charge in [0.05, 0.1) is 22.2 Å². The molecule has 0 saturated heterocycles. The number of nitriles is 1. The largest absolute Gasteiger partial charge is 0.420 e. The molecule has 2 aromatic carbocycles. The molecule has 0 fully saturated rings. The quantitative estimate of drug-likeness (QED) is 0.461. The first-order valence-electron chi connectivity index (χ1n) is 9.76. The summed E-state index contributed by atoms with van der Waals surface area (Å²) in [5.74, 6) is 0.632. The van der Waals surface area contributed by atoms with Gasteiger partial charge in [-0.2, -0.15) is 5.26 Å². The summed E-state index contributed by atoms with van der Waals surface area (Å²) in [5, 5.41) is 17.9. The van der Waals surface area contributed by atoms with Gasteiger partial charge in [-0.05, 0) is 32.0 Å². The van der Waals surface area contributed by atoms with E-state index in [4.69, 9.17) is 15.5 Å². The van der Waals surface area contributed by atoms with Gasteiger partial charge in [0.1, 0.15) is 22.9 Å². The predicted octanol–water partition coefficient (Wildman–Crippen LogP) is 2.46. The summed E-state index contributed by atoms with van der Waals surface area (Å²) in [6.07, 6.45) is 0. The van der Waals surface area contributed by atoms with E-state index in [1.165, 1.54) is 0 Å². The van der Waals surface area contributed by atoms with Gasteiger partial charge in [0.2, 0.25) is 11.8 Å². The monoisotopic (exact) mass is 408 g/mol. The zero-order valence-electron chi connectivity index (χ0n) is 16.7. The Hall–Kier alpha value is -4.38. The first kappa shape index (κ1) is 17.5. The third kappa shape index (κ3) is 1.91. The number of aromatic amines is 1. The van der Waals surface area contributed by atoms with Crippen molar-refractivity contribution in [3.8, 4) is 17.6 Å². The second-order valence-corrected chi connectivity index (χ2v) is 7.85. The fourth-order valence-electron chi connectivity index (χ4n) is 4.89. The molecule has 4 heterocycles. The van der Waals surface area contributed by atoms with Crippen molar-refractivity contribution in [2.45, 2.75) is 19.3 Å². The number of hydrogen-bond acceptors (Lipinski definition) is 6. The molecule has 1 spiro atoms. The highest BCUT2D eigenvalue weighted by Crippen LogP contribution is 2.56. The zero-order chi connectivity index (χ0) is 21.5. The minimum Gasteiger partial charge on any atom is -0.420 e. The average Bonchev–Trinajstić information content (AvgIpc) is 3.25. The molecule has 2 aliphatic heterocycles. The lowest BCUT2D eigenvalue weighted by Crippen LogP contribution is -2.38. The lowest BCUT2D eigenvalue weighted by atomic mass is 9.68. The van der Waals surface area contributed by atoms with Crippen molar-refractivity contribution in [3.05, 3.63) is 92.5 Å². The first-order valence-corrected chi connectivity index (χ1v) is 9.76. The number of ether oxygens (including phenoxy) is 1. The number of nitrogens with two attached hydrogens (primary N) is 1. The van der Waals surface area contributed by atoms with E-state index in [9.17, 15) is 10.1 Å². The van der Waals surface area contributed by atoms with Crippen molar-refractivity contribution in [2.75, 3.05) is 0 Å². The van der Waals surface area contributed by atoms with E-state index >= 15 is 0 Å². The number of aryl methyl sites for hydroxylation is 2. The Kier molecular flexibility index (Phi) is 3.16. The molecule has 6 rings (SSSR count). The SMILES string of the molecule is Cc1ccc2c(c1)C1(C(C#N)=C(N)Oc3n[nH]c(C)c31)c1nc3ccccc3c(=O)n1-2. The van der Waals surface area contributed by atoms with Crippen LogP contribution >= 0.6 is 0 Å². The molecule has 0 radical (unpaired) electrons. The van der Waals surface area contributed by atoms with Crippen LogP contribution in [0.2, 0.25) is 0 Å². The first-order chi connectivity index (χ1) is 15.0. The van der Waals surface area contributed by atoms with E-state index in [-0.39, 0.29) is 22.9 Å². The molecule has 0 saturated carbocycles. The molecule has 3 N–H and O–H groups in total. The van der Waals surface area contributed by atoms with Crippen LogP contribution in [0.1, 0.15) is 28.2 Å². The van der Waals surface area contributed by atoms with Gasteiger partial charge in [-0.1, -0.05) is 29.8 Å². The topological polar surface area (TPSA) is 123 Å². The fraction of sp³-hybridized carbons (Fsp3) is 0.130. The van der Waals surface area contributed by atoms with Gasteiger partial charge in [0.25, 0.3) is 5.56 Å². The molecular weight excluding hydrogens is 392 g/mol. The number of fused-ring (bicyclic) bond motifs is 8. The minimum absolute atomic E-state index is 0.0511. The molecule has 2 aromatic heterocycles. The number of nitrogens with zero attached hydrogens (tertiary/aromatic N) is 4. The molecule has 8 nitrogen and oxygen atoms in total. The van der Waals surface area contributed by atoms with Gasteiger partial charge in [0, 0.05) is 11.3 Å². The lowest BCUT2D eigenvalue weighted by molar-refractivity contribution is 0.365. The third-order valence-electron chi connectivity index (χ3n) is 6.14. The van der Waals surface area contributed by atoms with Crippen molar-refractivity contribution >= 4 is 10.9 Å². The number of allylic oxidation sites excluding steroid dienone is 1. The summed E-state index contributed by atoms with van der Waals surface area (Å²) < 4.78 is 7.28. The summed E-state index contributed by atoms with van der Waals surface area (Å²) in [4.78, 5) is 18.6. The number of hydrogen-bond donors (Lipinski definition) is 2. The summed E-state index contributed by atoms with van der Waals surface area (Å²) in [7, 11) is 0. The van der Waals surface area contributed by atoms with Gasteiger partial charge in [0.15, 0.2) is 0 Å². The van der Waals surface area contributed by atoms with Gasteiger partial charge >= 0.3 is 0 Å². The van der Waals surface area contributed by atoms with Crippen LogP contribution in [0.3, 0.4) is 0 Å². The zero-order valence-corrected chi connectivity index (χ0v) is 16.7. The van der Waals surface area contributed by atoms with Gasteiger partial charge in [-0.25, -0.2) is 4.98 Å². The molecule has 0 aliphatic carbocycles. The van der Waals surface area contributed by atoms with Crippen molar-refractivity contribution in [1.29, 1.82) is 5.26 Å². The van der Waals surface area contributed by atoms with Crippen LogP contribution in [0.15, 0.2) is 58.7 Å². The Bertz CT molecular complexity index is 1590. The fourth-order valence-corrected chi connectivity index (χ4v) is 4.89. The Balaban J connectivity index is 1.93.